The van der Waals surface area contributed by atoms with Crippen molar-refractivity contribution in [2.75, 3.05) is 0 Å². The summed E-state index contributed by atoms with van der Waals surface area (Å²) in [5.74, 6) is -0.724. The van der Waals surface area contributed by atoms with Crippen LogP contribution in [0, 0.1) is 13.8 Å². The largest absolute Gasteiger partial charge is 0.365 e. The van der Waals surface area contributed by atoms with Crippen LogP contribution in [0.5, 0.6) is 0 Å². The van der Waals surface area contributed by atoms with Gasteiger partial charge in [-0.1, -0.05) is 41.5 Å². The van der Waals surface area contributed by atoms with E-state index in [1.165, 1.54) is 6.20 Å². The van der Waals surface area contributed by atoms with Gasteiger partial charge in [0.2, 0.25) is 5.43 Å². The summed E-state index contributed by atoms with van der Waals surface area (Å²) < 4.78 is 0. The summed E-state index contributed by atoms with van der Waals surface area (Å²) in [5.41, 5.74) is 9.60. The molecule has 0 saturated heterocycles. The van der Waals surface area contributed by atoms with Gasteiger partial charge in [-0.3, -0.25) is 9.59 Å². The lowest BCUT2D eigenvalue weighted by molar-refractivity contribution is 0.0999. The zero-order chi connectivity index (χ0) is 15.9. The van der Waals surface area contributed by atoms with Crippen LogP contribution in [0.1, 0.15) is 21.5 Å². The zero-order valence-electron chi connectivity index (χ0n) is 12.4. The molecule has 0 atom stereocenters. The van der Waals surface area contributed by atoms with Crippen molar-refractivity contribution in [2.45, 2.75) is 13.8 Å². The third-order valence-corrected chi connectivity index (χ3v) is 3.71. The number of rotatable bonds is 2. The number of H-pyrrole nitrogens is 1. The van der Waals surface area contributed by atoms with Gasteiger partial charge in [-0.05, 0) is 31.0 Å². The third-order valence-electron chi connectivity index (χ3n) is 3.71. The molecule has 0 fully saturated rings. The molecule has 0 saturated carbocycles. The van der Waals surface area contributed by atoms with Crippen LogP contribution >= 0.6 is 0 Å². The van der Waals surface area contributed by atoms with Gasteiger partial charge in [0.15, 0.2) is 0 Å². The average Bonchev–Trinajstić information content (AvgIpc) is 2.45. The summed E-state index contributed by atoms with van der Waals surface area (Å²) in [6, 6.07) is 11.7. The number of carbonyl (C=O) groups excluding carboxylic acids is 1. The van der Waals surface area contributed by atoms with E-state index in [2.05, 4.69) is 11.1 Å². The van der Waals surface area contributed by atoms with Crippen molar-refractivity contribution in [2.24, 2.45) is 5.73 Å². The zero-order valence-corrected chi connectivity index (χ0v) is 12.4. The second-order valence-electron chi connectivity index (χ2n) is 5.50. The highest BCUT2D eigenvalue weighted by atomic mass is 16.2. The number of amides is 1. The Morgan fingerprint density at radius 3 is 2.41 bits per heavy atom. The highest BCUT2D eigenvalue weighted by Gasteiger charge is 2.14. The van der Waals surface area contributed by atoms with Gasteiger partial charge in [-0.15, -0.1) is 0 Å². The molecular formula is C18H16N2O2. The monoisotopic (exact) mass is 292 g/mol. The van der Waals surface area contributed by atoms with Crippen LogP contribution in [0.25, 0.3) is 22.0 Å². The van der Waals surface area contributed by atoms with Crippen molar-refractivity contribution in [3.63, 3.8) is 0 Å². The molecule has 0 aliphatic heterocycles. The molecule has 2 aromatic carbocycles. The van der Waals surface area contributed by atoms with Gasteiger partial charge < -0.3 is 10.7 Å². The summed E-state index contributed by atoms with van der Waals surface area (Å²) in [6.45, 7) is 4.03. The fraction of sp³-hybridized carbons (Fsp3) is 0.111. The number of pyridine rings is 1. The van der Waals surface area contributed by atoms with Crippen molar-refractivity contribution in [3.8, 4) is 11.1 Å². The topological polar surface area (TPSA) is 76.0 Å². The van der Waals surface area contributed by atoms with E-state index in [-0.39, 0.29) is 11.0 Å². The smallest absolute Gasteiger partial charge is 0.254 e. The van der Waals surface area contributed by atoms with E-state index in [1.54, 1.807) is 0 Å². The Balaban J connectivity index is 2.41. The molecule has 0 aliphatic rings. The number of aryl methyl sites for hydroxylation is 2. The normalized spacial score (nSPS) is 10.8. The molecule has 3 rings (SSSR count). The number of aromatic nitrogens is 1. The predicted octanol–water partition coefficient (Wildman–Crippen LogP) is 2.91. The van der Waals surface area contributed by atoms with Gasteiger partial charge in [0.25, 0.3) is 5.91 Å². The maximum absolute atomic E-state index is 12.6. The Labute approximate surface area is 127 Å². The summed E-state index contributed by atoms with van der Waals surface area (Å²) in [4.78, 5) is 27.0. The minimum Gasteiger partial charge on any atom is -0.365 e. The van der Waals surface area contributed by atoms with Crippen LogP contribution in [-0.4, -0.2) is 10.9 Å². The van der Waals surface area contributed by atoms with Crippen molar-refractivity contribution in [1.82, 2.24) is 4.98 Å². The number of hydrogen-bond donors (Lipinski definition) is 2. The summed E-state index contributed by atoms with van der Waals surface area (Å²) in [7, 11) is 0. The predicted molar refractivity (Wildman–Crippen MR) is 88.0 cm³/mol. The molecule has 0 unspecified atom stereocenters. The maximum atomic E-state index is 12.6. The highest BCUT2D eigenvalue weighted by molar-refractivity contribution is 6.00. The molecule has 0 radical (unpaired) electrons. The Morgan fingerprint density at radius 2 is 1.77 bits per heavy atom. The van der Waals surface area contributed by atoms with E-state index in [0.29, 0.717) is 10.9 Å². The Kier molecular flexibility index (Phi) is 3.29. The number of nitrogens with two attached hydrogens (primary N) is 1. The highest BCUT2D eigenvalue weighted by Crippen LogP contribution is 2.27. The molecule has 1 heterocycles. The van der Waals surface area contributed by atoms with E-state index in [9.17, 15) is 9.59 Å². The van der Waals surface area contributed by atoms with Crippen molar-refractivity contribution in [3.05, 3.63) is 69.5 Å². The first-order valence-electron chi connectivity index (χ1n) is 7.00. The Morgan fingerprint density at radius 1 is 1.09 bits per heavy atom. The minimum atomic E-state index is -0.724. The Bertz CT molecular complexity index is 935. The fourth-order valence-corrected chi connectivity index (χ4v) is 2.82. The SMILES string of the molecule is Cc1cc(C)cc(-c2cccc3[nH]cc(C(N)=O)c(=O)c23)c1. The lowest BCUT2D eigenvalue weighted by Gasteiger charge is -2.09. The minimum absolute atomic E-state index is 0.0238. The number of hydrogen-bond acceptors (Lipinski definition) is 2. The quantitative estimate of drug-likeness (QED) is 0.762. The molecule has 22 heavy (non-hydrogen) atoms. The van der Waals surface area contributed by atoms with Crippen LogP contribution in [0.15, 0.2) is 47.4 Å². The van der Waals surface area contributed by atoms with E-state index in [1.807, 2.05) is 44.2 Å². The molecule has 1 amide bonds. The molecule has 0 spiro atoms. The second kappa shape index (κ2) is 5.15. The number of primary amides is 1. The molecule has 4 nitrogen and oxygen atoms in total. The molecule has 1 aromatic heterocycles. The number of fused-ring (bicyclic) bond motifs is 1. The van der Waals surface area contributed by atoms with Crippen LogP contribution in [0.3, 0.4) is 0 Å². The average molecular weight is 292 g/mol. The second-order valence-corrected chi connectivity index (χ2v) is 5.50. The number of aromatic amines is 1. The maximum Gasteiger partial charge on any atom is 0.254 e. The van der Waals surface area contributed by atoms with E-state index in [4.69, 9.17) is 5.73 Å². The lowest BCUT2D eigenvalue weighted by atomic mass is 9.96. The van der Waals surface area contributed by atoms with E-state index >= 15 is 0 Å². The first-order valence-corrected chi connectivity index (χ1v) is 7.00. The third kappa shape index (κ3) is 2.29. The standard InChI is InChI=1S/C18H16N2O2/c1-10-6-11(2)8-12(7-10)13-4-3-5-15-16(13)17(21)14(9-20-15)18(19)22/h3-9H,1-2H3,(H2,19,22)(H,20,21). The van der Waals surface area contributed by atoms with E-state index < -0.39 is 5.91 Å². The van der Waals surface area contributed by atoms with Gasteiger partial charge in [0, 0.05) is 11.7 Å². The van der Waals surface area contributed by atoms with Gasteiger partial charge in [-0.25, -0.2) is 0 Å². The van der Waals surface area contributed by atoms with Crippen LogP contribution < -0.4 is 11.2 Å². The number of benzene rings is 2. The van der Waals surface area contributed by atoms with Crippen molar-refractivity contribution >= 4 is 16.8 Å². The number of carbonyl (C=O) groups is 1. The molecule has 3 aromatic rings. The molecule has 0 aliphatic carbocycles. The fourth-order valence-electron chi connectivity index (χ4n) is 2.82. The molecule has 3 N–H and O–H groups in total. The number of nitrogens with one attached hydrogen (secondary N) is 1. The van der Waals surface area contributed by atoms with Crippen molar-refractivity contribution in [1.29, 1.82) is 0 Å². The summed E-state index contributed by atoms with van der Waals surface area (Å²) >= 11 is 0. The van der Waals surface area contributed by atoms with Gasteiger partial charge in [0.05, 0.1) is 5.39 Å². The Hall–Kier alpha value is -2.88. The molecule has 0 bridgehead atoms. The first-order chi connectivity index (χ1) is 10.5. The van der Waals surface area contributed by atoms with Crippen LogP contribution in [0.4, 0.5) is 0 Å². The summed E-state index contributed by atoms with van der Waals surface area (Å²) in [6.07, 6.45) is 1.37. The lowest BCUT2D eigenvalue weighted by Crippen LogP contribution is -2.22. The first kappa shape index (κ1) is 14.1. The van der Waals surface area contributed by atoms with Gasteiger partial charge in [-0.2, -0.15) is 0 Å². The van der Waals surface area contributed by atoms with Crippen LogP contribution in [0.2, 0.25) is 0 Å². The van der Waals surface area contributed by atoms with Gasteiger partial charge in [0.1, 0.15) is 5.56 Å². The van der Waals surface area contributed by atoms with Crippen LogP contribution in [-0.2, 0) is 0 Å². The van der Waals surface area contributed by atoms with E-state index in [0.717, 1.165) is 22.3 Å². The van der Waals surface area contributed by atoms with Gasteiger partial charge >= 0.3 is 0 Å². The molecule has 110 valence electrons. The summed E-state index contributed by atoms with van der Waals surface area (Å²) in [5, 5.41) is 0.490. The van der Waals surface area contributed by atoms with Crippen molar-refractivity contribution < 1.29 is 4.79 Å². The molecular weight excluding hydrogens is 276 g/mol. The molecule has 4 heteroatoms.